The first-order valence-corrected chi connectivity index (χ1v) is 8.14. The van der Waals surface area contributed by atoms with E-state index in [0.717, 1.165) is 0 Å². The van der Waals surface area contributed by atoms with Crippen LogP contribution in [0.4, 0.5) is 0 Å². The molecule has 0 aliphatic rings. The van der Waals surface area contributed by atoms with Gasteiger partial charge in [0.25, 0.3) is 0 Å². The van der Waals surface area contributed by atoms with E-state index in [9.17, 15) is 4.21 Å². The third-order valence-electron chi connectivity index (χ3n) is 2.67. The van der Waals surface area contributed by atoms with Gasteiger partial charge in [-0.25, -0.2) is 0 Å². The molecule has 1 unspecified atom stereocenters. The Kier molecular flexibility index (Phi) is 5.63. The van der Waals surface area contributed by atoms with Gasteiger partial charge >= 0.3 is 0 Å². The number of halogens is 2. The zero-order valence-electron chi connectivity index (χ0n) is 10.9. The van der Waals surface area contributed by atoms with Gasteiger partial charge in [0.2, 0.25) is 0 Å². The van der Waals surface area contributed by atoms with Crippen molar-refractivity contribution in [2.75, 3.05) is 12.4 Å². The first-order valence-electron chi connectivity index (χ1n) is 6.07. The van der Waals surface area contributed by atoms with Gasteiger partial charge in [0.05, 0.1) is 43.1 Å². The summed E-state index contributed by atoms with van der Waals surface area (Å²) in [5, 5.41) is 9.48. The second kappa shape index (κ2) is 7.46. The van der Waals surface area contributed by atoms with Crippen molar-refractivity contribution < 1.29 is 8.95 Å². The molecule has 0 heterocycles. The molecule has 0 bridgehead atoms. The Labute approximate surface area is 135 Å². The molecule has 3 nitrogen and oxygen atoms in total. The summed E-state index contributed by atoms with van der Waals surface area (Å²) in [5.41, 5.74) is 0.564. The molecular formula is C15H11Cl2NO2S. The highest BCUT2D eigenvalue weighted by molar-refractivity contribution is 7.85. The lowest BCUT2D eigenvalue weighted by Gasteiger charge is -2.08. The first-order chi connectivity index (χ1) is 10.1. The van der Waals surface area contributed by atoms with E-state index in [-0.39, 0.29) is 12.4 Å². The molecule has 0 saturated carbocycles. The highest BCUT2D eigenvalue weighted by Crippen LogP contribution is 2.27. The molecule has 0 radical (unpaired) electrons. The predicted molar refractivity (Wildman–Crippen MR) is 84.4 cm³/mol. The van der Waals surface area contributed by atoms with Crippen LogP contribution in [0.2, 0.25) is 10.0 Å². The van der Waals surface area contributed by atoms with Gasteiger partial charge in [-0.05, 0) is 36.4 Å². The van der Waals surface area contributed by atoms with Crippen molar-refractivity contribution in [2.45, 2.75) is 4.90 Å². The molecule has 2 rings (SSSR count). The van der Waals surface area contributed by atoms with Crippen LogP contribution < -0.4 is 4.74 Å². The summed E-state index contributed by atoms with van der Waals surface area (Å²) in [6.45, 7) is 0.264. The molecule has 0 aliphatic carbocycles. The smallest absolute Gasteiger partial charge is 0.119 e. The fraction of sp³-hybridized carbons (Fsp3) is 0.133. The summed E-state index contributed by atoms with van der Waals surface area (Å²) < 4.78 is 17.7. The van der Waals surface area contributed by atoms with Crippen LogP contribution in [0.15, 0.2) is 47.4 Å². The molecule has 21 heavy (non-hydrogen) atoms. The van der Waals surface area contributed by atoms with Crippen LogP contribution in [0.3, 0.4) is 0 Å². The van der Waals surface area contributed by atoms with E-state index in [2.05, 4.69) is 0 Å². The summed E-state index contributed by atoms with van der Waals surface area (Å²) >= 11 is 12.0. The third kappa shape index (κ3) is 4.21. The van der Waals surface area contributed by atoms with Gasteiger partial charge in [0.1, 0.15) is 12.4 Å². The molecule has 0 fully saturated rings. The van der Waals surface area contributed by atoms with E-state index < -0.39 is 10.8 Å². The molecule has 0 N–H and O–H groups in total. The molecule has 1 atom stereocenters. The lowest BCUT2D eigenvalue weighted by Crippen LogP contribution is -2.09. The van der Waals surface area contributed by atoms with Crippen molar-refractivity contribution in [3.63, 3.8) is 0 Å². The quantitative estimate of drug-likeness (QED) is 0.825. The van der Waals surface area contributed by atoms with Gasteiger partial charge in [0.15, 0.2) is 0 Å². The van der Waals surface area contributed by atoms with Gasteiger partial charge < -0.3 is 4.74 Å². The second-order valence-electron chi connectivity index (χ2n) is 4.09. The molecule has 0 amide bonds. The maximum Gasteiger partial charge on any atom is 0.119 e. The molecule has 2 aromatic carbocycles. The second-order valence-corrected chi connectivity index (χ2v) is 6.41. The molecule has 0 aromatic heterocycles. The van der Waals surface area contributed by atoms with Crippen molar-refractivity contribution in [3.8, 4) is 11.8 Å². The van der Waals surface area contributed by atoms with E-state index in [1.807, 2.05) is 6.07 Å². The number of benzene rings is 2. The molecule has 6 heteroatoms. The zero-order valence-corrected chi connectivity index (χ0v) is 13.2. The monoisotopic (exact) mass is 339 g/mol. The van der Waals surface area contributed by atoms with Crippen LogP contribution in [-0.2, 0) is 10.8 Å². The average molecular weight is 340 g/mol. The van der Waals surface area contributed by atoms with Gasteiger partial charge in [0, 0.05) is 0 Å². The van der Waals surface area contributed by atoms with E-state index in [0.29, 0.717) is 26.3 Å². The Bertz CT molecular complexity index is 676. The van der Waals surface area contributed by atoms with Crippen LogP contribution in [-0.4, -0.2) is 16.6 Å². The maximum atomic E-state index is 12.2. The Morgan fingerprint density at radius 2 is 1.71 bits per heavy atom. The van der Waals surface area contributed by atoms with Crippen LogP contribution in [0.1, 0.15) is 5.56 Å². The number of rotatable bonds is 5. The molecule has 108 valence electrons. The average Bonchev–Trinajstić information content (AvgIpc) is 2.48. The van der Waals surface area contributed by atoms with Gasteiger partial charge in [-0.1, -0.05) is 29.3 Å². The third-order valence-corrected chi connectivity index (χ3v) is 4.95. The summed E-state index contributed by atoms with van der Waals surface area (Å²) in [7, 11) is -1.33. The first kappa shape index (κ1) is 15.8. The number of hydrogen-bond acceptors (Lipinski definition) is 3. The number of hydrogen-bond donors (Lipinski definition) is 0. The fourth-order valence-corrected chi connectivity index (χ4v) is 3.59. The minimum Gasteiger partial charge on any atom is -0.493 e. The predicted octanol–water partition coefficient (Wildman–Crippen LogP) is 4.05. The number of nitrogens with zero attached hydrogens (tertiary/aromatic N) is 1. The fourth-order valence-electron chi connectivity index (χ4n) is 1.66. The van der Waals surface area contributed by atoms with Crippen LogP contribution in [0.5, 0.6) is 5.75 Å². The highest BCUT2D eigenvalue weighted by Gasteiger charge is 2.13. The van der Waals surface area contributed by atoms with Gasteiger partial charge in [-0.15, -0.1) is 0 Å². The van der Waals surface area contributed by atoms with Crippen molar-refractivity contribution in [1.82, 2.24) is 0 Å². The lowest BCUT2D eigenvalue weighted by atomic mass is 10.2. The largest absolute Gasteiger partial charge is 0.493 e. The molecule has 2 aromatic rings. The number of nitriles is 1. The van der Waals surface area contributed by atoms with E-state index in [1.165, 1.54) is 0 Å². The summed E-state index contributed by atoms with van der Waals surface area (Å²) in [6.07, 6.45) is 0. The summed E-state index contributed by atoms with van der Waals surface area (Å²) in [4.78, 5) is 0.435. The lowest BCUT2D eigenvalue weighted by molar-refractivity contribution is 0.342. The number of ether oxygens (including phenoxy) is 1. The highest BCUT2D eigenvalue weighted by atomic mass is 35.5. The Morgan fingerprint density at radius 3 is 2.29 bits per heavy atom. The standard InChI is InChI=1S/C15H11Cl2NO2S/c16-13-2-1-3-14(17)15(13)21(19)9-8-20-12-6-4-11(10-18)5-7-12/h1-7H,8-9H2. The zero-order chi connectivity index (χ0) is 15.2. The van der Waals surface area contributed by atoms with Crippen molar-refractivity contribution in [3.05, 3.63) is 58.1 Å². The van der Waals surface area contributed by atoms with E-state index in [4.69, 9.17) is 33.2 Å². The SMILES string of the molecule is N#Cc1ccc(OCCS(=O)c2c(Cl)cccc2Cl)cc1. The van der Waals surface area contributed by atoms with Crippen molar-refractivity contribution >= 4 is 34.0 Å². The normalized spacial score (nSPS) is 11.7. The Morgan fingerprint density at radius 1 is 1.10 bits per heavy atom. The minimum atomic E-state index is -1.33. The minimum absolute atomic E-state index is 0.264. The van der Waals surface area contributed by atoms with Crippen molar-refractivity contribution in [2.24, 2.45) is 0 Å². The van der Waals surface area contributed by atoms with Gasteiger partial charge in [-0.3, -0.25) is 4.21 Å². The van der Waals surface area contributed by atoms with Crippen LogP contribution in [0, 0.1) is 11.3 Å². The van der Waals surface area contributed by atoms with E-state index in [1.54, 1.807) is 42.5 Å². The maximum absolute atomic E-state index is 12.2. The Hall–Kier alpha value is -1.54. The molecular weight excluding hydrogens is 329 g/mol. The Balaban J connectivity index is 1.94. The molecule has 0 aliphatic heterocycles. The summed E-state index contributed by atoms with van der Waals surface area (Å²) in [5.74, 6) is 0.903. The molecule has 0 saturated heterocycles. The summed E-state index contributed by atoms with van der Waals surface area (Å²) in [6, 6.07) is 13.8. The van der Waals surface area contributed by atoms with E-state index >= 15 is 0 Å². The topological polar surface area (TPSA) is 50.1 Å². The van der Waals surface area contributed by atoms with Crippen LogP contribution in [0.25, 0.3) is 0 Å². The molecule has 0 spiro atoms. The van der Waals surface area contributed by atoms with Crippen molar-refractivity contribution in [1.29, 1.82) is 5.26 Å². The van der Waals surface area contributed by atoms with Gasteiger partial charge in [-0.2, -0.15) is 5.26 Å². The van der Waals surface area contributed by atoms with Crippen LogP contribution >= 0.6 is 23.2 Å².